The molecule has 9 heteroatoms. The maximum atomic E-state index is 12.8. The number of ether oxygens (including phenoxy) is 2. The molecule has 9 nitrogen and oxygen atoms in total. The summed E-state index contributed by atoms with van der Waals surface area (Å²) in [7, 11) is 0. The zero-order valence-electron chi connectivity index (χ0n) is 17.0. The number of nitrogens with one attached hydrogen (secondary N) is 2. The number of para-hydroxylation sites is 2. The van der Waals surface area contributed by atoms with E-state index in [-0.39, 0.29) is 30.9 Å². The van der Waals surface area contributed by atoms with Gasteiger partial charge in [-0.15, -0.1) is 0 Å². The summed E-state index contributed by atoms with van der Waals surface area (Å²) in [6, 6.07) is 16.1. The molecule has 0 fully saturated rings. The number of rotatable bonds is 7. The Kier molecular flexibility index (Phi) is 5.20. The molecular formula is C23H20N4O5. The molecule has 0 unspecified atom stereocenters. The fraction of sp³-hybridized carbons (Fsp3) is 0.174. The summed E-state index contributed by atoms with van der Waals surface area (Å²) in [5, 5.41) is 5.70. The minimum Gasteiger partial charge on any atom is -0.459 e. The van der Waals surface area contributed by atoms with E-state index in [4.69, 9.17) is 13.9 Å². The molecule has 1 aliphatic heterocycles. The lowest BCUT2D eigenvalue weighted by Crippen LogP contribution is -2.27. The van der Waals surface area contributed by atoms with Crippen molar-refractivity contribution in [2.75, 3.05) is 18.7 Å². The van der Waals surface area contributed by atoms with Gasteiger partial charge in [-0.05, 0) is 36.4 Å². The lowest BCUT2D eigenvalue weighted by atomic mass is 10.2. The number of benzene rings is 2. The van der Waals surface area contributed by atoms with Crippen LogP contribution >= 0.6 is 0 Å². The van der Waals surface area contributed by atoms with E-state index in [1.807, 2.05) is 28.8 Å². The molecule has 0 saturated carbocycles. The van der Waals surface area contributed by atoms with E-state index in [2.05, 4.69) is 15.6 Å². The van der Waals surface area contributed by atoms with E-state index < -0.39 is 0 Å². The van der Waals surface area contributed by atoms with Crippen LogP contribution in [-0.4, -0.2) is 34.7 Å². The summed E-state index contributed by atoms with van der Waals surface area (Å²) < 4.78 is 17.6. The van der Waals surface area contributed by atoms with Crippen LogP contribution in [0.15, 0.2) is 65.3 Å². The number of carbonyl (C=O) groups is 2. The standard InChI is InChI=1S/C23H20N4O5/c28-22(25-15-7-8-18-20(12-15)32-14-31-18)13-27-17-5-2-1-4-16(17)26-21(27)9-10-24-23(29)19-6-3-11-30-19/h1-8,11-12H,9-10,13-14H2,(H,24,29)(H,25,28). The first kappa shape index (κ1) is 19.7. The summed E-state index contributed by atoms with van der Waals surface area (Å²) >= 11 is 0. The molecule has 2 amide bonds. The summed E-state index contributed by atoms with van der Waals surface area (Å²) in [5.74, 6) is 1.71. The van der Waals surface area contributed by atoms with Gasteiger partial charge in [-0.2, -0.15) is 0 Å². The highest BCUT2D eigenvalue weighted by Crippen LogP contribution is 2.34. The van der Waals surface area contributed by atoms with Gasteiger partial charge >= 0.3 is 0 Å². The Bertz CT molecular complexity index is 1280. The molecule has 3 heterocycles. The van der Waals surface area contributed by atoms with Crippen molar-refractivity contribution >= 4 is 28.5 Å². The second-order valence-corrected chi connectivity index (χ2v) is 7.20. The molecule has 0 bridgehead atoms. The average Bonchev–Trinajstić information content (AvgIpc) is 3.54. The van der Waals surface area contributed by atoms with Gasteiger partial charge in [0.05, 0.1) is 17.3 Å². The third-order valence-corrected chi connectivity index (χ3v) is 5.07. The largest absolute Gasteiger partial charge is 0.459 e. The zero-order chi connectivity index (χ0) is 21.9. The number of anilines is 1. The number of carbonyl (C=O) groups excluding carboxylic acids is 2. The van der Waals surface area contributed by atoms with Crippen LogP contribution in [0.3, 0.4) is 0 Å². The first-order valence-electron chi connectivity index (χ1n) is 10.1. The number of nitrogens with zero attached hydrogens (tertiary/aromatic N) is 2. The van der Waals surface area contributed by atoms with Crippen molar-refractivity contribution in [3.05, 3.63) is 72.4 Å². The van der Waals surface area contributed by atoms with Crippen molar-refractivity contribution in [2.45, 2.75) is 13.0 Å². The van der Waals surface area contributed by atoms with Gasteiger partial charge in [-0.3, -0.25) is 9.59 Å². The van der Waals surface area contributed by atoms with Crippen LogP contribution in [0.4, 0.5) is 5.69 Å². The fourth-order valence-corrected chi connectivity index (χ4v) is 3.59. The van der Waals surface area contributed by atoms with Crippen LogP contribution < -0.4 is 20.1 Å². The van der Waals surface area contributed by atoms with Crippen LogP contribution in [0.1, 0.15) is 16.4 Å². The summed E-state index contributed by atoms with van der Waals surface area (Å²) in [4.78, 5) is 29.6. The van der Waals surface area contributed by atoms with E-state index in [9.17, 15) is 9.59 Å². The number of furan rings is 1. The summed E-state index contributed by atoms with van der Waals surface area (Å²) in [5.41, 5.74) is 2.26. The Morgan fingerprint density at radius 3 is 2.78 bits per heavy atom. The third-order valence-electron chi connectivity index (χ3n) is 5.07. The van der Waals surface area contributed by atoms with Gasteiger partial charge in [0, 0.05) is 24.7 Å². The average molecular weight is 432 g/mol. The van der Waals surface area contributed by atoms with E-state index in [0.717, 1.165) is 11.0 Å². The molecule has 2 N–H and O–H groups in total. The predicted molar refractivity (Wildman–Crippen MR) is 116 cm³/mol. The van der Waals surface area contributed by atoms with Gasteiger partial charge in [0.25, 0.3) is 5.91 Å². The molecule has 0 radical (unpaired) electrons. The molecule has 0 atom stereocenters. The Morgan fingerprint density at radius 2 is 1.91 bits per heavy atom. The van der Waals surface area contributed by atoms with Crippen molar-refractivity contribution in [1.29, 1.82) is 0 Å². The van der Waals surface area contributed by atoms with Gasteiger partial charge in [-0.25, -0.2) is 4.98 Å². The SMILES string of the molecule is O=C(Cn1c(CCNC(=O)c2ccco2)nc2ccccc21)Nc1ccc2c(c1)OCO2. The molecule has 2 aromatic heterocycles. The Balaban J connectivity index is 1.30. The van der Waals surface area contributed by atoms with Gasteiger partial charge in [0.15, 0.2) is 17.3 Å². The van der Waals surface area contributed by atoms with Crippen molar-refractivity contribution in [1.82, 2.24) is 14.9 Å². The number of amides is 2. The zero-order valence-corrected chi connectivity index (χ0v) is 17.0. The van der Waals surface area contributed by atoms with Crippen molar-refractivity contribution in [3.8, 4) is 11.5 Å². The monoisotopic (exact) mass is 432 g/mol. The van der Waals surface area contributed by atoms with Crippen LogP contribution in [0.5, 0.6) is 11.5 Å². The summed E-state index contributed by atoms with van der Waals surface area (Å²) in [6.45, 7) is 0.608. The number of hydrogen-bond acceptors (Lipinski definition) is 6. The quantitative estimate of drug-likeness (QED) is 0.465. The number of imidazole rings is 1. The number of fused-ring (bicyclic) bond motifs is 2. The van der Waals surface area contributed by atoms with Gasteiger partial charge < -0.3 is 29.1 Å². The summed E-state index contributed by atoms with van der Waals surface area (Å²) in [6.07, 6.45) is 1.91. The van der Waals surface area contributed by atoms with E-state index in [1.54, 1.807) is 30.3 Å². The highest BCUT2D eigenvalue weighted by atomic mass is 16.7. The smallest absolute Gasteiger partial charge is 0.286 e. The number of hydrogen-bond donors (Lipinski definition) is 2. The maximum Gasteiger partial charge on any atom is 0.286 e. The molecule has 32 heavy (non-hydrogen) atoms. The lowest BCUT2D eigenvalue weighted by molar-refractivity contribution is -0.116. The molecule has 4 aromatic rings. The van der Waals surface area contributed by atoms with Gasteiger partial charge in [0.2, 0.25) is 12.7 Å². The van der Waals surface area contributed by atoms with Gasteiger partial charge in [-0.1, -0.05) is 12.1 Å². The first-order valence-corrected chi connectivity index (χ1v) is 10.1. The molecule has 1 aliphatic rings. The van der Waals surface area contributed by atoms with Crippen LogP contribution in [-0.2, 0) is 17.8 Å². The highest BCUT2D eigenvalue weighted by molar-refractivity contribution is 5.92. The van der Waals surface area contributed by atoms with E-state index >= 15 is 0 Å². The second kappa shape index (κ2) is 8.46. The van der Waals surface area contributed by atoms with Crippen LogP contribution in [0.2, 0.25) is 0 Å². The molecular weight excluding hydrogens is 412 g/mol. The van der Waals surface area contributed by atoms with E-state index in [0.29, 0.717) is 36.0 Å². The van der Waals surface area contributed by atoms with Crippen LogP contribution in [0, 0.1) is 0 Å². The molecule has 5 rings (SSSR count). The molecule has 162 valence electrons. The highest BCUT2D eigenvalue weighted by Gasteiger charge is 2.17. The van der Waals surface area contributed by atoms with Crippen molar-refractivity contribution < 1.29 is 23.5 Å². The molecule has 0 spiro atoms. The maximum absolute atomic E-state index is 12.8. The molecule has 2 aromatic carbocycles. The van der Waals surface area contributed by atoms with Gasteiger partial charge in [0.1, 0.15) is 12.4 Å². The first-order chi connectivity index (χ1) is 15.7. The second-order valence-electron chi connectivity index (χ2n) is 7.20. The number of aromatic nitrogens is 2. The molecule has 0 saturated heterocycles. The minimum absolute atomic E-state index is 0.0798. The topological polar surface area (TPSA) is 108 Å². The lowest BCUT2D eigenvalue weighted by Gasteiger charge is -2.11. The van der Waals surface area contributed by atoms with Crippen molar-refractivity contribution in [2.24, 2.45) is 0 Å². The normalized spacial score (nSPS) is 12.1. The fourth-order valence-electron chi connectivity index (χ4n) is 3.59. The Morgan fingerprint density at radius 1 is 1.03 bits per heavy atom. The molecule has 0 aliphatic carbocycles. The van der Waals surface area contributed by atoms with Crippen molar-refractivity contribution in [3.63, 3.8) is 0 Å². The minimum atomic E-state index is -0.293. The Hall–Kier alpha value is -4.27. The third kappa shape index (κ3) is 4.00. The predicted octanol–water partition coefficient (Wildman–Crippen LogP) is 2.97. The van der Waals surface area contributed by atoms with Crippen LogP contribution in [0.25, 0.3) is 11.0 Å². The Labute approximate surface area is 182 Å². The van der Waals surface area contributed by atoms with E-state index in [1.165, 1.54) is 6.26 Å².